The average Bonchev–Trinajstić information content (AvgIpc) is 3.19. The van der Waals surface area contributed by atoms with E-state index in [-0.39, 0.29) is 75.2 Å². The molecule has 3 amide bonds. The number of aliphatic hydroxyl groups excluding tert-OH is 4. The first-order valence-corrected chi connectivity index (χ1v) is 20.4. The number of hydrogen-bond acceptors (Lipinski definition) is 17. The van der Waals surface area contributed by atoms with Crippen LogP contribution in [0.2, 0.25) is 0 Å². The fraction of sp³-hybridized carbons (Fsp3) is 0.595. The zero-order chi connectivity index (χ0) is 44.3. The lowest BCUT2D eigenvalue weighted by Crippen LogP contribution is -2.60. The molecule has 1 heterocycles. The van der Waals surface area contributed by atoms with Gasteiger partial charge in [0.1, 0.15) is 53.3 Å². The van der Waals surface area contributed by atoms with Crippen LogP contribution in [0.3, 0.4) is 0 Å². The molecule has 0 aromatic heterocycles. The van der Waals surface area contributed by atoms with E-state index in [2.05, 4.69) is 26.0 Å². The van der Waals surface area contributed by atoms with Crippen molar-refractivity contribution in [3.63, 3.8) is 0 Å². The molecule has 60 heavy (non-hydrogen) atoms. The van der Waals surface area contributed by atoms with Crippen molar-refractivity contribution in [3.05, 3.63) is 69.6 Å². The molecule has 2 aromatic rings. The van der Waals surface area contributed by atoms with Crippen LogP contribution < -0.4 is 24.9 Å². The molecule has 0 radical (unpaired) electrons. The molecule has 1 aliphatic heterocycles. The monoisotopic (exact) mass is 870 g/mol. The lowest BCUT2D eigenvalue weighted by molar-refractivity contribution is -0.277. The number of alkyl carbamates (subject to hydrolysis) is 1. The molecule has 0 spiro atoms. The van der Waals surface area contributed by atoms with Gasteiger partial charge in [-0.1, -0.05) is 23.3 Å². The number of hydrogen-bond donors (Lipinski definition) is 7. The van der Waals surface area contributed by atoms with E-state index in [4.69, 9.17) is 38.1 Å². The number of likely N-dealkylation sites (N-methyl/N-ethyl adjacent to an activating group) is 1. The number of benzene rings is 2. The number of rotatable bonds is 24. The van der Waals surface area contributed by atoms with Crippen LogP contribution in [0.15, 0.2) is 47.6 Å². The van der Waals surface area contributed by atoms with E-state index in [1.807, 2.05) is 0 Å². The fourth-order valence-corrected chi connectivity index (χ4v) is 6.44. The molecule has 334 valence electrons. The predicted molar refractivity (Wildman–Crippen MR) is 210 cm³/mol. The van der Waals surface area contributed by atoms with Crippen molar-refractivity contribution in [1.82, 2.24) is 16.0 Å². The molecule has 2 aromatic carbocycles. The van der Waals surface area contributed by atoms with Gasteiger partial charge in [-0.3, -0.25) is 9.59 Å². The first-order valence-electron chi connectivity index (χ1n) is 18.8. The highest BCUT2D eigenvalue weighted by Crippen LogP contribution is 2.28. The normalized spacial score (nSPS) is 19.6. The van der Waals surface area contributed by atoms with Crippen LogP contribution in [0.4, 0.5) is 4.79 Å². The van der Waals surface area contributed by atoms with Crippen LogP contribution in [0.25, 0.3) is 10.4 Å². The molecule has 1 aliphatic rings. The molecular weight excluding hydrogens is 816 g/mol. The van der Waals surface area contributed by atoms with Crippen molar-refractivity contribution in [2.45, 2.75) is 75.3 Å². The van der Waals surface area contributed by atoms with Gasteiger partial charge >= 0.3 is 16.2 Å². The predicted octanol–water partition coefficient (Wildman–Crippen LogP) is 0.0458. The van der Waals surface area contributed by atoms with Gasteiger partial charge in [-0.05, 0) is 61.7 Å². The van der Waals surface area contributed by atoms with Crippen LogP contribution in [0.5, 0.6) is 11.5 Å². The summed E-state index contributed by atoms with van der Waals surface area (Å²) in [7, 11) is -2.94. The van der Waals surface area contributed by atoms with Crippen molar-refractivity contribution < 1.29 is 75.8 Å². The van der Waals surface area contributed by atoms with E-state index in [9.17, 15) is 43.2 Å². The number of ether oxygens (including phenoxy) is 6. The quantitative estimate of drug-likeness (QED) is 0.0241. The highest BCUT2D eigenvalue weighted by Gasteiger charge is 2.45. The number of carbonyl (C=O) groups excluding carboxylic acids is 3. The van der Waals surface area contributed by atoms with E-state index >= 15 is 0 Å². The van der Waals surface area contributed by atoms with Gasteiger partial charge in [0, 0.05) is 31.5 Å². The van der Waals surface area contributed by atoms with Crippen LogP contribution in [0.1, 0.15) is 42.3 Å². The van der Waals surface area contributed by atoms with Gasteiger partial charge in [0.05, 0.1) is 51.8 Å². The van der Waals surface area contributed by atoms with Crippen LogP contribution in [-0.4, -0.2) is 155 Å². The third-order valence-corrected chi connectivity index (χ3v) is 9.37. The Labute approximate surface area is 347 Å². The largest absolute Gasteiger partial charge is 0.461 e. The highest BCUT2D eigenvalue weighted by atomic mass is 32.2. The van der Waals surface area contributed by atoms with Gasteiger partial charge in [0.2, 0.25) is 12.2 Å². The summed E-state index contributed by atoms with van der Waals surface area (Å²) in [5.74, 6) is -2.18. The maximum absolute atomic E-state index is 13.4. The molecule has 0 saturated carbocycles. The Kier molecular flexibility index (Phi) is 20.2. The summed E-state index contributed by atoms with van der Waals surface area (Å²) in [5, 5.41) is 51.5. The third kappa shape index (κ3) is 17.0. The summed E-state index contributed by atoms with van der Waals surface area (Å²) in [6.07, 6.45) is -8.91. The van der Waals surface area contributed by atoms with Crippen LogP contribution in [0, 0.1) is 0 Å². The maximum Gasteiger partial charge on any atom is 0.408 e. The molecule has 23 heteroatoms. The topological polar surface area (TPSA) is 316 Å². The van der Waals surface area contributed by atoms with Crippen molar-refractivity contribution in [1.29, 1.82) is 0 Å². The average molecular weight is 871 g/mol. The van der Waals surface area contributed by atoms with Crippen molar-refractivity contribution in [3.8, 4) is 11.5 Å². The van der Waals surface area contributed by atoms with E-state index in [0.717, 1.165) is 0 Å². The Balaban J connectivity index is 1.67. The minimum atomic E-state index is -4.35. The summed E-state index contributed by atoms with van der Waals surface area (Å²) in [4.78, 5) is 40.9. The minimum Gasteiger partial charge on any atom is -0.461 e. The first kappa shape index (κ1) is 49.6. The van der Waals surface area contributed by atoms with Crippen LogP contribution >= 0.6 is 0 Å². The zero-order valence-corrected chi connectivity index (χ0v) is 34.5. The Bertz CT molecular complexity index is 1840. The first-order chi connectivity index (χ1) is 28.5. The second-order valence-corrected chi connectivity index (χ2v) is 15.7. The standard InChI is InChI=1S/C37H54N6O16S/c1-37(2,3)58-36(50)42-27(34(49)39-4)20-23-5-8-25(9-6-23)59-60(51,52)22-24-7-10-28(56-35-32(47)31(46)30(45)29(21-44)57-35)26(19-24)33(48)40-11-13-53-15-17-55-18-16-54-14-12-41-43-38/h5-10,19,27,29-32,35,44-47H,11-18,20-22H2,1-4H3,(H,39,49)(H,40,48)(H,42,50)/t27-,29+,30-,31-,32+,35?/m0/s1. The van der Waals surface area contributed by atoms with E-state index < -0.39 is 82.7 Å². The van der Waals surface area contributed by atoms with Gasteiger partial charge in [0.15, 0.2) is 0 Å². The number of amides is 3. The molecule has 6 atom stereocenters. The number of nitrogens with one attached hydrogen (secondary N) is 3. The summed E-state index contributed by atoms with van der Waals surface area (Å²) < 4.78 is 64.3. The summed E-state index contributed by atoms with van der Waals surface area (Å²) in [5.41, 5.74) is 7.92. The van der Waals surface area contributed by atoms with Gasteiger partial charge in [-0.15, -0.1) is 0 Å². The van der Waals surface area contributed by atoms with Crippen molar-refractivity contribution >= 4 is 28.0 Å². The molecule has 1 fully saturated rings. The zero-order valence-electron chi connectivity index (χ0n) is 33.7. The SMILES string of the molecule is CNC(=O)[C@H](Cc1ccc(OS(=O)(=O)Cc2ccc(OC3O[C@H](CO)[C@H](O)[C@H](O)[C@H]3O)c(C(=O)NCCOCCOCCOCCN=[N+]=[N-])c2)cc1)NC(=O)OC(C)(C)C. The summed E-state index contributed by atoms with van der Waals surface area (Å²) >= 11 is 0. The third-order valence-electron chi connectivity index (χ3n) is 8.24. The van der Waals surface area contributed by atoms with Crippen LogP contribution in [-0.2, 0) is 50.8 Å². The second-order valence-electron chi connectivity index (χ2n) is 14.1. The molecule has 3 rings (SSSR count). The minimum absolute atomic E-state index is 0.00338. The number of aliphatic hydroxyl groups is 4. The van der Waals surface area contributed by atoms with E-state index in [1.165, 1.54) is 49.5 Å². The molecule has 0 aliphatic carbocycles. The van der Waals surface area contributed by atoms with E-state index in [0.29, 0.717) is 12.2 Å². The summed E-state index contributed by atoms with van der Waals surface area (Å²) in [6, 6.07) is 8.59. The van der Waals surface area contributed by atoms with Gasteiger partial charge in [0.25, 0.3) is 5.91 Å². The maximum atomic E-state index is 13.4. The van der Waals surface area contributed by atoms with Crippen molar-refractivity contribution in [2.75, 3.05) is 66.4 Å². The van der Waals surface area contributed by atoms with Gasteiger partial charge < -0.3 is 69.0 Å². The fourth-order valence-electron chi connectivity index (χ4n) is 5.39. The van der Waals surface area contributed by atoms with E-state index in [1.54, 1.807) is 20.8 Å². The van der Waals surface area contributed by atoms with Crippen molar-refractivity contribution in [2.24, 2.45) is 5.11 Å². The second kappa shape index (κ2) is 24.4. The lowest BCUT2D eigenvalue weighted by atomic mass is 9.99. The molecule has 0 bridgehead atoms. The Hall–Kier alpha value is -4.81. The smallest absolute Gasteiger partial charge is 0.408 e. The Morgan fingerprint density at radius 3 is 2.17 bits per heavy atom. The molecule has 1 saturated heterocycles. The molecule has 7 N–H and O–H groups in total. The lowest BCUT2D eigenvalue weighted by Gasteiger charge is -2.39. The summed E-state index contributed by atoms with van der Waals surface area (Å²) in [6.45, 7) is 5.87. The molecular formula is C37H54N6O16S. The Morgan fingerprint density at radius 2 is 1.55 bits per heavy atom. The van der Waals surface area contributed by atoms with Gasteiger partial charge in [-0.2, -0.15) is 8.42 Å². The Morgan fingerprint density at radius 1 is 0.917 bits per heavy atom. The number of nitrogens with zero attached hydrogens (tertiary/aromatic N) is 3. The molecule has 1 unspecified atom stereocenters. The number of carbonyl (C=O) groups is 3. The molecule has 22 nitrogen and oxygen atoms in total. The van der Waals surface area contributed by atoms with Gasteiger partial charge in [-0.25, -0.2) is 4.79 Å². The number of azide groups is 1. The highest BCUT2D eigenvalue weighted by molar-refractivity contribution is 7.86.